The van der Waals surface area contributed by atoms with Gasteiger partial charge in [-0.1, -0.05) is 92.6 Å². The van der Waals surface area contributed by atoms with Crippen molar-refractivity contribution >= 4 is 12.2 Å². The number of unbranched alkanes of at least 4 members (excludes halogenated alkanes) is 2. The molecule has 4 aromatic carbocycles. The Kier molecular flexibility index (Phi) is 8.84. The zero-order valence-electron chi connectivity index (χ0n) is 21.2. The number of rotatable bonds is 10. The second-order valence-corrected chi connectivity index (χ2v) is 9.01. The second-order valence-electron chi connectivity index (χ2n) is 9.01. The Labute approximate surface area is 217 Å². The molecule has 0 bridgehead atoms. The summed E-state index contributed by atoms with van der Waals surface area (Å²) in [5.74, 6) is -1.61. The van der Waals surface area contributed by atoms with Gasteiger partial charge in [0.2, 0.25) is 0 Å². The third-order valence-corrected chi connectivity index (χ3v) is 6.38. The molecule has 4 rings (SSSR count). The van der Waals surface area contributed by atoms with Crippen LogP contribution in [0, 0.1) is 17.5 Å². The average Bonchev–Trinajstić information content (AvgIpc) is 2.91. The molecule has 0 aliphatic heterocycles. The first-order valence-electron chi connectivity index (χ1n) is 12.8. The molecule has 0 heterocycles. The Morgan fingerprint density at radius 2 is 1.30 bits per heavy atom. The van der Waals surface area contributed by atoms with Gasteiger partial charge in [-0.25, -0.2) is 13.2 Å². The Hall–Kier alpha value is -3.79. The van der Waals surface area contributed by atoms with E-state index in [9.17, 15) is 4.39 Å². The van der Waals surface area contributed by atoms with Crippen LogP contribution in [0.2, 0.25) is 0 Å². The summed E-state index contributed by atoms with van der Waals surface area (Å²) < 4.78 is 49.7. The summed E-state index contributed by atoms with van der Waals surface area (Å²) in [6.45, 7) is 4.49. The molecule has 0 N–H and O–H groups in total. The molecule has 37 heavy (non-hydrogen) atoms. The maximum absolute atomic E-state index is 15.1. The number of hydrogen-bond acceptors (Lipinski definition) is 1. The van der Waals surface area contributed by atoms with Crippen LogP contribution >= 0.6 is 0 Å². The molecule has 0 aliphatic rings. The highest BCUT2D eigenvalue weighted by atomic mass is 19.2. The lowest BCUT2D eigenvalue weighted by molar-refractivity contribution is 0.338. The van der Waals surface area contributed by atoms with Crippen molar-refractivity contribution < 1.29 is 17.9 Å². The standard InChI is InChI=1S/C33H31F3O/c1-3-5-6-7-23-8-13-25(14-9-23)29-20-21-30(33(36)32(29)35)26-15-10-24(11-16-26)12-17-27-18-19-28(37-4-2)22-31(27)34/h8-22H,3-7H2,1-2H3. The number of halogens is 3. The molecule has 0 atom stereocenters. The molecule has 0 saturated heterocycles. The zero-order chi connectivity index (χ0) is 26.2. The van der Waals surface area contributed by atoms with E-state index >= 15 is 8.78 Å². The van der Waals surface area contributed by atoms with Gasteiger partial charge in [-0.05, 0) is 54.2 Å². The van der Waals surface area contributed by atoms with Gasteiger partial charge in [0.15, 0.2) is 11.6 Å². The maximum Gasteiger partial charge on any atom is 0.167 e. The second kappa shape index (κ2) is 12.4. The van der Waals surface area contributed by atoms with Crippen molar-refractivity contribution in [2.45, 2.75) is 39.5 Å². The van der Waals surface area contributed by atoms with Gasteiger partial charge in [0.1, 0.15) is 11.6 Å². The Morgan fingerprint density at radius 3 is 1.86 bits per heavy atom. The third kappa shape index (κ3) is 6.51. The number of aryl methyl sites for hydroxylation is 1. The van der Waals surface area contributed by atoms with Crippen LogP contribution in [0.15, 0.2) is 78.9 Å². The van der Waals surface area contributed by atoms with Gasteiger partial charge in [0.05, 0.1) is 6.61 Å². The first kappa shape index (κ1) is 26.3. The summed E-state index contributed by atoms with van der Waals surface area (Å²) >= 11 is 0. The van der Waals surface area contributed by atoms with Gasteiger partial charge in [-0.3, -0.25) is 0 Å². The van der Waals surface area contributed by atoms with E-state index in [1.165, 1.54) is 18.1 Å². The van der Waals surface area contributed by atoms with Crippen molar-refractivity contribution in [2.75, 3.05) is 6.61 Å². The fourth-order valence-corrected chi connectivity index (χ4v) is 4.28. The van der Waals surface area contributed by atoms with Crippen LogP contribution in [0.25, 0.3) is 34.4 Å². The Bertz CT molecular complexity index is 1360. The molecule has 0 aliphatic carbocycles. The summed E-state index contributed by atoms with van der Waals surface area (Å²) in [5.41, 5.74) is 4.12. The predicted molar refractivity (Wildman–Crippen MR) is 147 cm³/mol. The smallest absolute Gasteiger partial charge is 0.167 e. The van der Waals surface area contributed by atoms with Crippen molar-refractivity contribution in [3.63, 3.8) is 0 Å². The van der Waals surface area contributed by atoms with Gasteiger partial charge in [-0.15, -0.1) is 0 Å². The summed E-state index contributed by atoms with van der Waals surface area (Å²) in [7, 11) is 0. The minimum Gasteiger partial charge on any atom is -0.494 e. The molecule has 4 heteroatoms. The fourth-order valence-electron chi connectivity index (χ4n) is 4.28. The van der Waals surface area contributed by atoms with E-state index in [1.807, 2.05) is 31.2 Å². The number of benzene rings is 4. The van der Waals surface area contributed by atoms with Gasteiger partial charge < -0.3 is 4.74 Å². The first-order valence-corrected chi connectivity index (χ1v) is 12.8. The Morgan fingerprint density at radius 1 is 0.676 bits per heavy atom. The molecular formula is C33H31F3O. The van der Waals surface area contributed by atoms with E-state index in [2.05, 4.69) is 6.92 Å². The van der Waals surface area contributed by atoms with Gasteiger partial charge in [0.25, 0.3) is 0 Å². The minimum atomic E-state index is -0.871. The molecule has 0 fully saturated rings. The van der Waals surface area contributed by atoms with Crippen LogP contribution < -0.4 is 4.74 Å². The van der Waals surface area contributed by atoms with E-state index < -0.39 is 11.6 Å². The van der Waals surface area contributed by atoms with E-state index in [0.29, 0.717) is 29.0 Å². The van der Waals surface area contributed by atoms with Crippen molar-refractivity contribution in [1.29, 1.82) is 0 Å². The highest BCUT2D eigenvalue weighted by Gasteiger charge is 2.16. The molecule has 0 unspecified atom stereocenters. The van der Waals surface area contributed by atoms with Crippen LogP contribution in [0.5, 0.6) is 5.75 Å². The molecule has 0 saturated carbocycles. The van der Waals surface area contributed by atoms with E-state index in [0.717, 1.165) is 24.8 Å². The third-order valence-electron chi connectivity index (χ3n) is 6.38. The van der Waals surface area contributed by atoms with Gasteiger partial charge in [-0.2, -0.15) is 0 Å². The van der Waals surface area contributed by atoms with Crippen LogP contribution in [-0.2, 0) is 6.42 Å². The number of hydrogen-bond donors (Lipinski definition) is 0. The normalized spacial score (nSPS) is 11.3. The molecule has 0 spiro atoms. The van der Waals surface area contributed by atoms with Crippen LogP contribution in [-0.4, -0.2) is 6.61 Å². The lowest BCUT2D eigenvalue weighted by Gasteiger charge is -2.10. The van der Waals surface area contributed by atoms with E-state index in [-0.39, 0.29) is 16.9 Å². The van der Waals surface area contributed by atoms with Crippen LogP contribution in [0.4, 0.5) is 13.2 Å². The molecule has 4 aromatic rings. The van der Waals surface area contributed by atoms with Gasteiger partial charge >= 0.3 is 0 Å². The van der Waals surface area contributed by atoms with E-state index in [1.54, 1.807) is 60.7 Å². The summed E-state index contributed by atoms with van der Waals surface area (Å²) in [6.07, 6.45) is 7.91. The molecule has 1 nitrogen and oxygen atoms in total. The molecule has 0 aromatic heterocycles. The molecule has 0 radical (unpaired) electrons. The highest BCUT2D eigenvalue weighted by molar-refractivity contribution is 5.75. The SMILES string of the molecule is CCCCCc1ccc(-c2ccc(-c3ccc(C=Cc4ccc(OCC)cc4F)cc3)c(F)c2F)cc1. The fraction of sp³-hybridized carbons (Fsp3) is 0.212. The molecular weight excluding hydrogens is 469 g/mol. The monoisotopic (exact) mass is 500 g/mol. The van der Waals surface area contributed by atoms with E-state index in [4.69, 9.17) is 4.74 Å². The zero-order valence-corrected chi connectivity index (χ0v) is 21.2. The van der Waals surface area contributed by atoms with Crippen molar-refractivity contribution in [3.8, 4) is 28.0 Å². The minimum absolute atomic E-state index is 0.200. The maximum atomic E-state index is 15.1. The summed E-state index contributed by atoms with van der Waals surface area (Å²) in [4.78, 5) is 0. The highest BCUT2D eigenvalue weighted by Crippen LogP contribution is 2.32. The van der Waals surface area contributed by atoms with Crippen LogP contribution in [0.3, 0.4) is 0 Å². The largest absolute Gasteiger partial charge is 0.494 e. The average molecular weight is 501 g/mol. The number of ether oxygens (including phenoxy) is 1. The topological polar surface area (TPSA) is 9.23 Å². The van der Waals surface area contributed by atoms with Gasteiger partial charge in [0, 0.05) is 22.8 Å². The lowest BCUT2D eigenvalue weighted by atomic mass is 9.97. The predicted octanol–water partition coefficient (Wildman–Crippen LogP) is 9.74. The Balaban J connectivity index is 1.49. The lowest BCUT2D eigenvalue weighted by Crippen LogP contribution is -1.94. The van der Waals surface area contributed by atoms with Crippen molar-refractivity contribution in [2.24, 2.45) is 0 Å². The first-order chi connectivity index (χ1) is 18.0. The summed E-state index contributed by atoms with van der Waals surface area (Å²) in [6, 6.07) is 22.7. The summed E-state index contributed by atoms with van der Waals surface area (Å²) in [5, 5.41) is 0. The van der Waals surface area contributed by atoms with Crippen LogP contribution in [0.1, 0.15) is 49.8 Å². The quantitative estimate of drug-likeness (QED) is 0.156. The molecule has 0 amide bonds. The van der Waals surface area contributed by atoms with Crippen molar-refractivity contribution in [3.05, 3.63) is 113 Å². The molecule has 190 valence electrons. The van der Waals surface area contributed by atoms with Crippen molar-refractivity contribution in [1.82, 2.24) is 0 Å².